The molecule has 2 aliphatic heterocycles. The second-order valence-corrected chi connectivity index (χ2v) is 5.72. The number of piperidine rings is 1. The van der Waals surface area contributed by atoms with E-state index in [1.807, 2.05) is 16.7 Å². The average Bonchev–Trinajstić information content (AvgIpc) is 2.40. The van der Waals surface area contributed by atoms with Gasteiger partial charge in [-0.3, -0.25) is 4.79 Å². The summed E-state index contributed by atoms with van der Waals surface area (Å²) in [5.74, 6) is 0.962. The van der Waals surface area contributed by atoms with Crippen molar-refractivity contribution in [1.82, 2.24) is 14.9 Å². The van der Waals surface area contributed by atoms with E-state index in [1.165, 1.54) is 0 Å². The number of hydrogen-bond acceptors (Lipinski definition) is 5. The zero-order chi connectivity index (χ0) is 14.1. The Morgan fingerprint density at radius 1 is 1.25 bits per heavy atom. The Labute approximate surface area is 118 Å². The van der Waals surface area contributed by atoms with E-state index in [-0.39, 0.29) is 17.9 Å². The molecule has 108 valence electrons. The summed E-state index contributed by atoms with van der Waals surface area (Å²) in [6.07, 6.45) is 4.75. The van der Waals surface area contributed by atoms with E-state index < -0.39 is 0 Å². The first-order valence-electron chi connectivity index (χ1n) is 7.14. The average molecular weight is 276 g/mol. The number of rotatable bonds is 2. The van der Waals surface area contributed by atoms with Crippen molar-refractivity contribution in [3.05, 3.63) is 18.0 Å². The second kappa shape index (κ2) is 5.36. The van der Waals surface area contributed by atoms with Crippen molar-refractivity contribution in [3.63, 3.8) is 0 Å². The molecule has 0 aliphatic carbocycles. The van der Waals surface area contributed by atoms with Crippen LogP contribution in [0.25, 0.3) is 0 Å². The van der Waals surface area contributed by atoms with Gasteiger partial charge in [-0.1, -0.05) is 0 Å². The van der Waals surface area contributed by atoms with Crippen LogP contribution in [0.4, 0.5) is 5.95 Å². The Kier molecular flexibility index (Phi) is 3.56. The number of aliphatic hydroxyl groups is 1. The predicted octanol–water partition coefficient (Wildman–Crippen LogP) is 0.205. The molecule has 1 aromatic heterocycles. The second-order valence-electron chi connectivity index (χ2n) is 5.72. The minimum atomic E-state index is -0.238. The number of carbonyl (C=O) groups excluding carboxylic acids is 1. The topological polar surface area (TPSA) is 69.6 Å². The number of carbonyl (C=O) groups is 1. The number of nitrogens with zero attached hydrogens (tertiary/aromatic N) is 4. The van der Waals surface area contributed by atoms with E-state index in [4.69, 9.17) is 0 Å². The highest BCUT2D eigenvalue weighted by atomic mass is 16.3. The van der Waals surface area contributed by atoms with Crippen LogP contribution >= 0.6 is 0 Å². The van der Waals surface area contributed by atoms with Gasteiger partial charge in [-0.05, 0) is 25.3 Å². The fourth-order valence-corrected chi connectivity index (χ4v) is 2.69. The van der Waals surface area contributed by atoms with Gasteiger partial charge in [-0.25, -0.2) is 9.97 Å². The maximum absolute atomic E-state index is 12.3. The van der Waals surface area contributed by atoms with Crippen molar-refractivity contribution in [2.24, 2.45) is 5.92 Å². The van der Waals surface area contributed by atoms with Crippen LogP contribution in [-0.4, -0.2) is 58.2 Å². The molecule has 1 N–H and O–H groups in total. The van der Waals surface area contributed by atoms with E-state index in [1.54, 1.807) is 12.4 Å². The van der Waals surface area contributed by atoms with Crippen molar-refractivity contribution < 1.29 is 9.90 Å². The van der Waals surface area contributed by atoms with Gasteiger partial charge < -0.3 is 14.9 Å². The normalized spacial score (nSPS) is 20.9. The highest BCUT2D eigenvalue weighted by Gasteiger charge is 2.37. The number of anilines is 1. The first kappa shape index (κ1) is 13.3. The molecular formula is C14H20N4O2. The van der Waals surface area contributed by atoms with Crippen molar-refractivity contribution >= 4 is 11.9 Å². The summed E-state index contributed by atoms with van der Waals surface area (Å²) in [5, 5.41) is 9.47. The Morgan fingerprint density at radius 2 is 1.85 bits per heavy atom. The zero-order valence-electron chi connectivity index (χ0n) is 11.7. The van der Waals surface area contributed by atoms with Gasteiger partial charge in [0.25, 0.3) is 0 Å². The summed E-state index contributed by atoms with van der Waals surface area (Å²) >= 11 is 0. The molecule has 2 aliphatic rings. The van der Waals surface area contributed by atoms with Crippen LogP contribution in [-0.2, 0) is 4.79 Å². The Bertz CT molecular complexity index is 476. The lowest BCUT2D eigenvalue weighted by molar-refractivity contribution is -0.138. The molecule has 3 heterocycles. The number of aliphatic hydroxyl groups excluding tert-OH is 1. The Balaban J connectivity index is 1.52. The monoisotopic (exact) mass is 276 g/mol. The van der Waals surface area contributed by atoms with E-state index in [9.17, 15) is 9.90 Å². The molecule has 0 bridgehead atoms. The SMILES string of the molecule is Cc1cnc(N2CC(C(=O)N3CCC(O)CC3)C2)nc1. The number of hydrogen-bond donors (Lipinski definition) is 1. The van der Waals surface area contributed by atoms with Crippen LogP contribution in [0.3, 0.4) is 0 Å². The minimum Gasteiger partial charge on any atom is -0.393 e. The van der Waals surface area contributed by atoms with Crippen LogP contribution in [0.1, 0.15) is 18.4 Å². The molecular weight excluding hydrogens is 256 g/mol. The Hall–Kier alpha value is -1.69. The third kappa shape index (κ3) is 2.60. The molecule has 6 nitrogen and oxygen atoms in total. The number of likely N-dealkylation sites (tertiary alicyclic amines) is 1. The van der Waals surface area contributed by atoms with E-state index in [0.717, 1.165) is 5.56 Å². The summed E-state index contributed by atoms with van der Waals surface area (Å²) in [7, 11) is 0. The highest BCUT2D eigenvalue weighted by molar-refractivity contribution is 5.81. The van der Waals surface area contributed by atoms with Gasteiger partial charge in [0.05, 0.1) is 12.0 Å². The van der Waals surface area contributed by atoms with Gasteiger partial charge in [0.2, 0.25) is 11.9 Å². The largest absolute Gasteiger partial charge is 0.393 e. The zero-order valence-corrected chi connectivity index (χ0v) is 11.7. The first-order chi connectivity index (χ1) is 9.63. The number of amides is 1. The summed E-state index contributed by atoms with van der Waals surface area (Å²) in [5.41, 5.74) is 1.04. The van der Waals surface area contributed by atoms with Gasteiger partial charge in [-0.2, -0.15) is 0 Å². The maximum atomic E-state index is 12.3. The third-order valence-corrected chi connectivity index (χ3v) is 4.06. The quantitative estimate of drug-likeness (QED) is 0.836. The van der Waals surface area contributed by atoms with Crippen molar-refractivity contribution in [3.8, 4) is 0 Å². The molecule has 0 spiro atoms. The lowest BCUT2D eigenvalue weighted by atomic mass is 9.97. The van der Waals surface area contributed by atoms with Gasteiger partial charge in [0.15, 0.2) is 0 Å². The predicted molar refractivity (Wildman–Crippen MR) is 74.3 cm³/mol. The molecule has 0 saturated carbocycles. The standard InChI is InChI=1S/C14H20N4O2/c1-10-6-15-14(16-7-10)18-8-11(9-18)13(20)17-4-2-12(19)3-5-17/h6-7,11-12,19H,2-5,8-9H2,1H3. The van der Waals surface area contributed by atoms with Gasteiger partial charge >= 0.3 is 0 Å². The Morgan fingerprint density at radius 3 is 2.45 bits per heavy atom. The van der Waals surface area contributed by atoms with Crippen molar-refractivity contribution in [1.29, 1.82) is 0 Å². The molecule has 3 rings (SSSR count). The van der Waals surface area contributed by atoms with Crippen LogP contribution in [0.15, 0.2) is 12.4 Å². The number of aromatic nitrogens is 2. The molecule has 6 heteroatoms. The van der Waals surface area contributed by atoms with Gasteiger partial charge in [-0.15, -0.1) is 0 Å². The van der Waals surface area contributed by atoms with E-state index in [2.05, 4.69) is 9.97 Å². The molecule has 0 atom stereocenters. The van der Waals surface area contributed by atoms with Gasteiger partial charge in [0.1, 0.15) is 0 Å². The summed E-state index contributed by atoms with van der Waals surface area (Å²) in [6.45, 7) is 4.70. The van der Waals surface area contributed by atoms with Crippen LogP contribution < -0.4 is 4.90 Å². The molecule has 0 unspecified atom stereocenters. The molecule has 0 radical (unpaired) electrons. The molecule has 2 fully saturated rings. The smallest absolute Gasteiger partial charge is 0.229 e. The van der Waals surface area contributed by atoms with Crippen LogP contribution in [0.5, 0.6) is 0 Å². The lowest BCUT2D eigenvalue weighted by Gasteiger charge is -2.41. The van der Waals surface area contributed by atoms with Crippen molar-refractivity contribution in [2.75, 3.05) is 31.1 Å². The first-order valence-corrected chi connectivity index (χ1v) is 7.14. The fraction of sp³-hybridized carbons (Fsp3) is 0.643. The summed E-state index contributed by atoms with van der Waals surface area (Å²) in [4.78, 5) is 24.7. The van der Waals surface area contributed by atoms with Gasteiger partial charge in [0, 0.05) is 38.6 Å². The maximum Gasteiger partial charge on any atom is 0.229 e. The molecule has 0 aromatic carbocycles. The fourth-order valence-electron chi connectivity index (χ4n) is 2.69. The van der Waals surface area contributed by atoms with E-state index in [0.29, 0.717) is 45.0 Å². The minimum absolute atomic E-state index is 0.0511. The molecule has 20 heavy (non-hydrogen) atoms. The third-order valence-electron chi connectivity index (χ3n) is 4.06. The van der Waals surface area contributed by atoms with Crippen LogP contribution in [0, 0.1) is 12.8 Å². The highest BCUT2D eigenvalue weighted by Crippen LogP contribution is 2.24. The molecule has 1 amide bonds. The summed E-state index contributed by atoms with van der Waals surface area (Å²) in [6, 6.07) is 0. The van der Waals surface area contributed by atoms with Crippen molar-refractivity contribution in [2.45, 2.75) is 25.9 Å². The molecule has 1 aromatic rings. The van der Waals surface area contributed by atoms with Crippen LogP contribution in [0.2, 0.25) is 0 Å². The number of aryl methyl sites for hydroxylation is 1. The summed E-state index contributed by atoms with van der Waals surface area (Å²) < 4.78 is 0. The van der Waals surface area contributed by atoms with E-state index >= 15 is 0 Å². The lowest BCUT2D eigenvalue weighted by Crippen LogP contribution is -2.56. The molecule has 2 saturated heterocycles.